The van der Waals surface area contributed by atoms with E-state index in [9.17, 15) is 14.7 Å². The second kappa shape index (κ2) is 9.98. The fourth-order valence-corrected chi connectivity index (χ4v) is 5.31. The molecule has 1 N–H and O–H groups in total. The maximum Gasteiger partial charge on any atom is 0.326 e. The summed E-state index contributed by atoms with van der Waals surface area (Å²) in [6.07, 6.45) is 1.11. The van der Waals surface area contributed by atoms with E-state index < -0.39 is 12.0 Å². The fourth-order valence-electron chi connectivity index (χ4n) is 5.31. The standard InChI is InChI=1S/C31H27NO3/c33-30(27-19-11-10-18-26(27)23-14-6-2-7-15-23)32-28(31(34)35)21-25(20-22-12-4-1-5-13-22)29(32)24-16-8-3-9-17-24/h1-19,25,28-29H,20-21H2,(H,34,35)/t25-,28?,29+/m0/s1. The lowest BCUT2D eigenvalue weighted by Gasteiger charge is -2.31. The first-order valence-corrected chi connectivity index (χ1v) is 11.9. The molecule has 4 nitrogen and oxygen atoms in total. The predicted octanol–water partition coefficient (Wildman–Crippen LogP) is 6.25. The van der Waals surface area contributed by atoms with Gasteiger partial charge in [-0.25, -0.2) is 4.79 Å². The number of nitrogens with zero attached hydrogens (tertiary/aromatic N) is 1. The third-order valence-corrected chi connectivity index (χ3v) is 6.85. The van der Waals surface area contributed by atoms with Crippen LogP contribution >= 0.6 is 0 Å². The maximum absolute atomic E-state index is 14.2. The second-order valence-electron chi connectivity index (χ2n) is 9.02. The molecule has 174 valence electrons. The highest BCUT2D eigenvalue weighted by Crippen LogP contribution is 2.44. The lowest BCUT2D eigenvalue weighted by molar-refractivity contribution is -0.141. The van der Waals surface area contributed by atoms with Crippen LogP contribution in [-0.4, -0.2) is 27.9 Å². The number of likely N-dealkylation sites (tertiary alicyclic amines) is 1. The van der Waals surface area contributed by atoms with Crippen molar-refractivity contribution in [3.8, 4) is 11.1 Å². The lowest BCUT2D eigenvalue weighted by Crippen LogP contribution is -2.42. The predicted molar refractivity (Wildman–Crippen MR) is 137 cm³/mol. The molecule has 0 bridgehead atoms. The lowest BCUT2D eigenvalue weighted by atomic mass is 9.87. The molecule has 4 heteroatoms. The summed E-state index contributed by atoms with van der Waals surface area (Å²) in [6.45, 7) is 0. The van der Waals surface area contributed by atoms with Crippen LogP contribution in [0, 0.1) is 5.92 Å². The number of hydrogen-bond donors (Lipinski definition) is 1. The Balaban J connectivity index is 1.60. The number of carboxylic acid groups (broad SMARTS) is 1. The zero-order chi connectivity index (χ0) is 24.2. The first-order chi connectivity index (χ1) is 17.1. The Labute approximate surface area is 205 Å². The van der Waals surface area contributed by atoms with Crippen LogP contribution in [-0.2, 0) is 11.2 Å². The SMILES string of the molecule is O=C(O)C1C[C@H](Cc2ccccc2)[C@@H](c2ccccc2)N1C(=O)c1ccccc1-c1ccccc1. The number of benzene rings is 4. The largest absolute Gasteiger partial charge is 0.480 e. The Kier molecular flexibility index (Phi) is 6.44. The van der Waals surface area contributed by atoms with Gasteiger partial charge in [0.15, 0.2) is 0 Å². The molecule has 1 fully saturated rings. The highest BCUT2D eigenvalue weighted by atomic mass is 16.4. The number of carboxylic acids is 1. The molecule has 1 heterocycles. The Morgan fingerprint density at radius 3 is 1.97 bits per heavy atom. The van der Waals surface area contributed by atoms with Gasteiger partial charge in [0, 0.05) is 5.56 Å². The molecular weight excluding hydrogens is 434 g/mol. The first-order valence-electron chi connectivity index (χ1n) is 11.9. The summed E-state index contributed by atoms with van der Waals surface area (Å²) in [5.41, 5.74) is 4.36. The average Bonchev–Trinajstić information content (AvgIpc) is 3.29. The van der Waals surface area contributed by atoms with Crippen molar-refractivity contribution in [1.29, 1.82) is 0 Å². The summed E-state index contributed by atoms with van der Waals surface area (Å²) in [5.74, 6) is -1.23. The summed E-state index contributed by atoms with van der Waals surface area (Å²) in [7, 11) is 0. The average molecular weight is 462 g/mol. The van der Waals surface area contributed by atoms with Crippen LogP contribution in [0.4, 0.5) is 0 Å². The summed E-state index contributed by atoms with van der Waals surface area (Å²) in [6, 6.07) is 35.9. The monoisotopic (exact) mass is 461 g/mol. The summed E-state index contributed by atoms with van der Waals surface area (Å²) in [5, 5.41) is 10.2. The van der Waals surface area contributed by atoms with Crippen molar-refractivity contribution in [3.63, 3.8) is 0 Å². The van der Waals surface area contributed by atoms with Crippen molar-refractivity contribution in [2.75, 3.05) is 0 Å². The number of hydrogen-bond acceptors (Lipinski definition) is 2. The quantitative estimate of drug-likeness (QED) is 0.369. The molecule has 1 amide bonds. The van der Waals surface area contributed by atoms with Crippen LogP contribution in [0.5, 0.6) is 0 Å². The third-order valence-electron chi connectivity index (χ3n) is 6.85. The molecule has 0 aliphatic carbocycles. The van der Waals surface area contributed by atoms with E-state index in [1.807, 2.05) is 97.1 Å². The van der Waals surface area contributed by atoms with Gasteiger partial charge in [-0.05, 0) is 47.1 Å². The number of rotatable bonds is 6. The highest BCUT2D eigenvalue weighted by molar-refractivity contribution is 6.03. The minimum Gasteiger partial charge on any atom is -0.480 e. The molecule has 3 atom stereocenters. The molecule has 1 aliphatic heterocycles. The normalized spacial score (nSPS) is 19.4. The van der Waals surface area contributed by atoms with Crippen LogP contribution in [0.3, 0.4) is 0 Å². The van der Waals surface area contributed by atoms with Gasteiger partial charge in [-0.3, -0.25) is 4.79 Å². The molecule has 4 aromatic carbocycles. The minimum absolute atomic E-state index is 0.0197. The Morgan fingerprint density at radius 1 is 0.743 bits per heavy atom. The molecule has 1 unspecified atom stereocenters. The smallest absolute Gasteiger partial charge is 0.326 e. The van der Waals surface area contributed by atoms with Gasteiger partial charge >= 0.3 is 5.97 Å². The zero-order valence-electron chi connectivity index (χ0n) is 19.3. The molecule has 0 radical (unpaired) electrons. The van der Waals surface area contributed by atoms with E-state index in [1.165, 1.54) is 0 Å². The molecular formula is C31H27NO3. The number of carbonyl (C=O) groups excluding carboxylic acids is 1. The summed E-state index contributed by atoms with van der Waals surface area (Å²) < 4.78 is 0. The van der Waals surface area contributed by atoms with Crippen molar-refractivity contribution in [3.05, 3.63) is 132 Å². The van der Waals surface area contributed by atoms with Crippen LogP contribution in [0.1, 0.15) is 33.9 Å². The van der Waals surface area contributed by atoms with Gasteiger partial charge in [0.25, 0.3) is 5.91 Å². The second-order valence-corrected chi connectivity index (χ2v) is 9.02. The van der Waals surface area contributed by atoms with Gasteiger partial charge in [-0.1, -0.05) is 109 Å². The molecule has 35 heavy (non-hydrogen) atoms. The van der Waals surface area contributed by atoms with E-state index in [0.717, 1.165) is 22.3 Å². The van der Waals surface area contributed by atoms with Crippen molar-refractivity contribution < 1.29 is 14.7 Å². The van der Waals surface area contributed by atoms with Crippen LogP contribution < -0.4 is 0 Å². The molecule has 0 aromatic heterocycles. The van der Waals surface area contributed by atoms with E-state index in [1.54, 1.807) is 11.0 Å². The molecule has 1 saturated heterocycles. The Hall–Kier alpha value is -4.18. The molecule has 4 aromatic rings. The molecule has 1 aliphatic rings. The van der Waals surface area contributed by atoms with Gasteiger partial charge in [0.2, 0.25) is 0 Å². The van der Waals surface area contributed by atoms with E-state index >= 15 is 0 Å². The summed E-state index contributed by atoms with van der Waals surface area (Å²) in [4.78, 5) is 28.3. The maximum atomic E-state index is 14.2. The van der Waals surface area contributed by atoms with Gasteiger partial charge in [-0.15, -0.1) is 0 Å². The minimum atomic E-state index is -0.966. The number of aliphatic carboxylic acids is 1. The third kappa shape index (κ3) is 4.60. The Morgan fingerprint density at radius 2 is 1.31 bits per heavy atom. The molecule has 5 rings (SSSR count). The Bertz CT molecular complexity index is 1300. The first kappa shape index (κ1) is 22.6. The van der Waals surface area contributed by atoms with E-state index in [-0.39, 0.29) is 17.9 Å². The van der Waals surface area contributed by atoms with E-state index in [2.05, 4.69) is 12.1 Å². The van der Waals surface area contributed by atoms with Crippen molar-refractivity contribution in [2.45, 2.75) is 24.9 Å². The van der Waals surface area contributed by atoms with Crippen LogP contribution in [0.15, 0.2) is 115 Å². The van der Waals surface area contributed by atoms with Gasteiger partial charge in [-0.2, -0.15) is 0 Å². The van der Waals surface area contributed by atoms with Crippen LogP contribution in [0.25, 0.3) is 11.1 Å². The van der Waals surface area contributed by atoms with Gasteiger partial charge < -0.3 is 10.0 Å². The van der Waals surface area contributed by atoms with Crippen LogP contribution in [0.2, 0.25) is 0 Å². The molecule has 0 saturated carbocycles. The van der Waals surface area contributed by atoms with Gasteiger partial charge in [0.1, 0.15) is 6.04 Å². The number of amides is 1. The zero-order valence-corrected chi connectivity index (χ0v) is 19.3. The fraction of sp³-hybridized carbons (Fsp3) is 0.161. The highest BCUT2D eigenvalue weighted by Gasteiger charge is 2.48. The summed E-state index contributed by atoms with van der Waals surface area (Å²) >= 11 is 0. The molecule has 0 spiro atoms. The van der Waals surface area contributed by atoms with Gasteiger partial charge in [0.05, 0.1) is 6.04 Å². The topological polar surface area (TPSA) is 57.6 Å². The van der Waals surface area contributed by atoms with Crippen molar-refractivity contribution >= 4 is 11.9 Å². The number of carbonyl (C=O) groups is 2. The van der Waals surface area contributed by atoms with E-state index in [4.69, 9.17) is 0 Å². The van der Waals surface area contributed by atoms with Crippen molar-refractivity contribution in [1.82, 2.24) is 4.90 Å². The van der Waals surface area contributed by atoms with Crippen molar-refractivity contribution in [2.24, 2.45) is 5.92 Å². The van der Waals surface area contributed by atoms with E-state index in [0.29, 0.717) is 18.4 Å².